The molecule has 118 valence electrons. The van der Waals surface area contributed by atoms with Crippen molar-refractivity contribution in [3.05, 3.63) is 65.7 Å². The summed E-state index contributed by atoms with van der Waals surface area (Å²) in [6.45, 7) is 2.04. The van der Waals surface area contributed by atoms with Crippen LogP contribution in [0.5, 0.6) is 0 Å². The first-order valence-corrected chi connectivity index (χ1v) is 8.77. The fraction of sp³-hybridized carbons (Fsp3) is 0.100. The lowest BCUT2D eigenvalue weighted by Gasteiger charge is -2.11. The Morgan fingerprint density at radius 1 is 1.04 bits per heavy atom. The lowest BCUT2D eigenvalue weighted by Crippen LogP contribution is -1.99. The van der Waals surface area contributed by atoms with E-state index in [2.05, 4.69) is 17.1 Å². The van der Waals surface area contributed by atoms with E-state index in [0.29, 0.717) is 5.56 Å². The van der Waals surface area contributed by atoms with Gasteiger partial charge in [0.05, 0.1) is 5.69 Å². The van der Waals surface area contributed by atoms with E-state index < -0.39 is 0 Å². The molecule has 24 heavy (non-hydrogen) atoms. The zero-order chi connectivity index (χ0) is 17.1. The highest BCUT2D eigenvalue weighted by Gasteiger charge is 2.13. The molecule has 0 aliphatic rings. The summed E-state index contributed by atoms with van der Waals surface area (Å²) in [4.78, 5) is 5.61. The van der Waals surface area contributed by atoms with Crippen molar-refractivity contribution in [3.63, 3.8) is 0 Å². The van der Waals surface area contributed by atoms with Gasteiger partial charge in [-0.05, 0) is 43.0 Å². The zero-order valence-corrected chi connectivity index (χ0v) is 14.4. The van der Waals surface area contributed by atoms with Gasteiger partial charge >= 0.3 is 0 Å². The van der Waals surface area contributed by atoms with Crippen LogP contribution >= 0.6 is 11.8 Å². The van der Waals surface area contributed by atoms with E-state index >= 15 is 0 Å². The third kappa shape index (κ3) is 3.12. The summed E-state index contributed by atoms with van der Waals surface area (Å²) in [6.07, 6.45) is 2.04. The molecule has 2 aromatic carbocycles. The fourth-order valence-corrected chi connectivity index (χ4v) is 3.04. The third-order valence-electron chi connectivity index (χ3n) is 3.87. The van der Waals surface area contributed by atoms with E-state index in [4.69, 9.17) is 5.73 Å². The summed E-state index contributed by atoms with van der Waals surface area (Å²) in [7, 11) is 0. The maximum absolute atomic E-state index is 9.49. The highest BCUT2D eigenvalue weighted by atomic mass is 32.2. The topological polar surface area (TPSA) is 62.7 Å². The molecule has 0 aliphatic heterocycles. The van der Waals surface area contributed by atoms with Gasteiger partial charge in [-0.3, -0.25) is 0 Å². The van der Waals surface area contributed by atoms with Crippen molar-refractivity contribution in [2.24, 2.45) is 0 Å². The Morgan fingerprint density at radius 3 is 2.42 bits per heavy atom. The molecule has 0 saturated heterocycles. The molecule has 0 fully saturated rings. The number of aromatic nitrogens is 1. The van der Waals surface area contributed by atoms with Crippen LogP contribution in [0.15, 0.2) is 59.5 Å². The van der Waals surface area contributed by atoms with Crippen molar-refractivity contribution < 1.29 is 0 Å². The number of nitrogens with two attached hydrogens (primary N) is 1. The average Bonchev–Trinajstić information content (AvgIpc) is 2.61. The van der Waals surface area contributed by atoms with E-state index in [1.165, 1.54) is 4.90 Å². The normalized spacial score (nSPS) is 10.4. The number of anilines is 1. The molecule has 3 nitrogen and oxygen atoms in total. The van der Waals surface area contributed by atoms with Gasteiger partial charge in [-0.15, -0.1) is 11.8 Å². The van der Waals surface area contributed by atoms with Crippen LogP contribution in [-0.2, 0) is 0 Å². The Balaban J connectivity index is 2.18. The van der Waals surface area contributed by atoms with Crippen molar-refractivity contribution in [2.75, 3.05) is 12.0 Å². The van der Waals surface area contributed by atoms with E-state index in [-0.39, 0.29) is 5.82 Å². The summed E-state index contributed by atoms with van der Waals surface area (Å²) in [5.74, 6) is 0.264. The Labute approximate surface area is 146 Å². The Kier molecular flexibility index (Phi) is 4.54. The molecule has 1 heterocycles. The zero-order valence-electron chi connectivity index (χ0n) is 13.6. The van der Waals surface area contributed by atoms with Crippen LogP contribution < -0.4 is 5.73 Å². The number of aryl methyl sites for hydroxylation is 1. The molecule has 2 N–H and O–H groups in total. The number of hydrogen-bond donors (Lipinski definition) is 1. The summed E-state index contributed by atoms with van der Waals surface area (Å²) >= 11 is 1.69. The van der Waals surface area contributed by atoms with E-state index in [1.807, 2.05) is 61.7 Å². The van der Waals surface area contributed by atoms with Crippen LogP contribution in [0.2, 0.25) is 0 Å². The van der Waals surface area contributed by atoms with Crippen LogP contribution in [-0.4, -0.2) is 11.2 Å². The summed E-state index contributed by atoms with van der Waals surface area (Å²) in [6, 6.07) is 20.4. The molecule has 3 rings (SSSR count). The minimum absolute atomic E-state index is 0.264. The molecule has 0 unspecified atom stereocenters. The predicted octanol–water partition coefficient (Wildman–Crippen LogP) is 4.90. The van der Waals surface area contributed by atoms with Crippen LogP contribution in [0.4, 0.5) is 5.82 Å². The van der Waals surface area contributed by atoms with Gasteiger partial charge in [0.25, 0.3) is 0 Å². The molecule has 3 aromatic rings. The molecule has 0 aliphatic carbocycles. The van der Waals surface area contributed by atoms with E-state index in [1.54, 1.807) is 11.8 Å². The molecule has 0 atom stereocenters. The first kappa shape index (κ1) is 16.1. The first-order valence-electron chi connectivity index (χ1n) is 7.54. The molecule has 0 radical (unpaired) electrons. The number of rotatable bonds is 3. The second kappa shape index (κ2) is 6.77. The third-order valence-corrected chi connectivity index (χ3v) is 4.62. The molecule has 0 spiro atoms. The summed E-state index contributed by atoms with van der Waals surface area (Å²) < 4.78 is 0. The van der Waals surface area contributed by atoms with Crippen LogP contribution in [0, 0.1) is 18.3 Å². The van der Waals surface area contributed by atoms with Gasteiger partial charge in [0, 0.05) is 16.0 Å². The minimum atomic E-state index is 0.264. The van der Waals surface area contributed by atoms with Gasteiger partial charge in [-0.25, -0.2) is 4.98 Å². The van der Waals surface area contributed by atoms with Crippen molar-refractivity contribution in [2.45, 2.75) is 11.8 Å². The van der Waals surface area contributed by atoms with Gasteiger partial charge in [0.2, 0.25) is 0 Å². The van der Waals surface area contributed by atoms with E-state index in [9.17, 15) is 5.26 Å². The van der Waals surface area contributed by atoms with E-state index in [0.717, 1.165) is 27.9 Å². The lowest BCUT2D eigenvalue weighted by atomic mass is 9.98. The average molecular weight is 331 g/mol. The fourth-order valence-electron chi connectivity index (χ4n) is 2.63. The van der Waals surface area contributed by atoms with Crippen LogP contribution in [0.25, 0.3) is 22.4 Å². The van der Waals surface area contributed by atoms with Gasteiger partial charge < -0.3 is 5.73 Å². The molecule has 1 aromatic heterocycles. The maximum Gasteiger partial charge on any atom is 0.142 e. The molecule has 0 amide bonds. The number of benzene rings is 2. The van der Waals surface area contributed by atoms with Gasteiger partial charge in [0.15, 0.2) is 0 Å². The van der Waals surface area contributed by atoms with Crippen LogP contribution in [0.1, 0.15) is 11.1 Å². The number of pyridine rings is 1. The van der Waals surface area contributed by atoms with Gasteiger partial charge in [-0.2, -0.15) is 5.26 Å². The van der Waals surface area contributed by atoms with Gasteiger partial charge in [0.1, 0.15) is 17.5 Å². The van der Waals surface area contributed by atoms with Crippen LogP contribution in [0.3, 0.4) is 0 Å². The largest absolute Gasteiger partial charge is 0.383 e. The van der Waals surface area contributed by atoms with Crippen molar-refractivity contribution >= 4 is 17.6 Å². The molecular weight excluding hydrogens is 314 g/mol. The maximum atomic E-state index is 9.49. The second-order valence-electron chi connectivity index (χ2n) is 5.53. The Morgan fingerprint density at radius 2 is 1.79 bits per heavy atom. The smallest absolute Gasteiger partial charge is 0.142 e. The Bertz CT molecular complexity index is 925. The standard InChI is InChI=1S/C20H17N3S/c1-13-4-3-5-15(10-13)19-11-17(18(12-21)20(22)23-19)14-6-8-16(24-2)9-7-14/h3-11H,1-2H3,(H2,22,23). The molecular formula is C20H17N3S. The molecule has 4 heteroatoms. The second-order valence-corrected chi connectivity index (χ2v) is 6.40. The predicted molar refractivity (Wildman–Crippen MR) is 101 cm³/mol. The quantitative estimate of drug-likeness (QED) is 0.693. The van der Waals surface area contributed by atoms with Gasteiger partial charge in [-0.1, -0.05) is 35.9 Å². The van der Waals surface area contributed by atoms with Crippen molar-refractivity contribution in [3.8, 4) is 28.5 Å². The number of nitrogens with zero attached hydrogens (tertiary/aromatic N) is 2. The summed E-state index contributed by atoms with van der Waals surface area (Å²) in [5.41, 5.74) is 11.2. The molecule has 0 bridgehead atoms. The summed E-state index contributed by atoms with van der Waals surface area (Å²) in [5, 5.41) is 9.49. The monoisotopic (exact) mass is 331 g/mol. The molecule has 0 saturated carbocycles. The number of thioether (sulfide) groups is 1. The highest BCUT2D eigenvalue weighted by Crippen LogP contribution is 2.32. The SMILES string of the molecule is CSc1ccc(-c2cc(-c3cccc(C)c3)nc(N)c2C#N)cc1. The minimum Gasteiger partial charge on any atom is -0.383 e. The number of nitriles is 1. The number of nitrogen functional groups attached to an aromatic ring is 1. The van der Waals surface area contributed by atoms with Crippen molar-refractivity contribution in [1.82, 2.24) is 4.98 Å². The Hall–Kier alpha value is -2.77. The highest BCUT2D eigenvalue weighted by molar-refractivity contribution is 7.98. The number of hydrogen-bond acceptors (Lipinski definition) is 4. The lowest BCUT2D eigenvalue weighted by molar-refractivity contribution is 1.30. The first-order chi connectivity index (χ1) is 11.6. The van der Waals surface area contributed by atoms with Crippen molar-refractivity contribution in [1.29, 1.82) is 5.26 Å².